The Hall–Kier alpha value is -2.43. The molecule has 2 heterocycles. The van der Waals surface area contributed by atoms with E-state index in [1.807, 2.05) is 38.2 Å². The summed E-state index contributed by atoms with van der Waals surface area (Å²) in [6.45, 7) is 1.82. The van der Waals surface area contributed by atoms with Gasteiger partial charge in [-0.2, -0.15) is 4.39 Å². The molecule has 0 aliphatic heterocycles. The Morgan fingerprint density at radius 1 is 1.21 bits per heavy atom. The fourth-order valence-electron chi connectivity index (χ4n) is 2.04. The molecular formula is C14H13FN4. The minimum Gasteiger partial charge on any atom is -0.388 e. The average molecular weight is 256 g/mol. The normalized spacial score (nSPS) is 10.9. The fraction of sp³-hybridized carbons (Fsp3) is 0.143. The molecule has 3 rings (SSSR count). The first kappa shape index (κ1) is 11.6. The zero-order valence-corrected chi connectivity index (χ0v) is 10.7. The van der Waals surface area contributed by atoms with Gasteiger partial charge in [0.15, 0.2) is 5.65 Å². The van der Waals surface area contributed by atoms with Crippen molar-refractivity contribution in [3.8, 4) is 11.3 Å². The van der Waals surface area contributed by atoms with Crippen LogP contribution in [0.3, 0.4) is 0 Å². The summed E-state index contributed by atoms with van der Waals surface area (Å²) >= 11 is 0. The maximum absolute atomic E-state index is 13.2. The smallest absolute Gasteiger partial charge is 0.232 e. The zero-order chi connectivity index (χ0) is 13.4. The van der Waals surface area contributed by atoms with Crippen LogP contribution in [0.15, 0.2) is 36.5 Å². The minimum atomic E-state index is -0.500. The number of hydrogen-bond donors (Lipinski definition) is 1. The highest BCUT2D eigenvalue weighted by Gasteiger charge is 2.08. The number of imidazole rings is 1. The Kier molecular flexibility index (Phi) is 2.67. The first-order valence-corrected chi connectivity index (χ1v) is 5.98. The first-order valence-electron chi connectivity index (χ1n) is 5.98. The first-order chi connectivity index (χ1) is 9.17. The number of nitrogens with one attached hydrogen (secondary N) is 1. The second-order valence-electron chi connectivity index (χ2n) is 4.37. The monoisotopic (exact) mass is 256 g/mol. The maximum Gasteiger partial charge on any atom is 0.232 e. The molecule has 19 heavy (non-hydrogen) atoms. The Bertz CT molecular complexity index is 731. The highest BCUT2D eigenvalue weighted by molar-refractivity contribution is 5.65. The van der Waals surface area contributed by atoms with E-state index in [-0.39, 0.29) is 0 Å². The fourth-order valence-corrected chi connectivity index (χ4v) is 2.04. The van der Waals surface area contributed by atoms with Gasteiger partial charge in [-0.25, -0.2) is 9.50 Å². The van der Waals surface area contributed by atoms with Crippen molar-refractivity contribution in [3.05, 3.63) is 48.0 Å². The molecule has 5 heteroatoms. The molecule has 96 valence electrons. The molecule has 0 aliphatic carbocycles. The summed E-state index contributed by atoms with van der Waals surface area (Å²) < 4.78 is 14.7. The molecule has 0 saturated heterocycles. The highest BCUT2D eigenvalue weighted by atomic mass is 19.1. The third-order valence-electron chi connectivity index (χ3n) is 3.05. The third-order valence-corrected chi connectivity index (χ3v) is 3.05. The van der Waals surface area contributed by atoms with Crippen molar-refractivity contribution in [1.82, 2.24) is 14.6 Å². The number of halogens is 1. The van der Waals surface area contributed by atoms with Crippen molar-refractivity contribution in [2.75, 3.05) is 12.4 Å². The van der Waals surface area contributed by atoms with Crippen molar-refractivity contribution >= 4 is 11.3 Å². The Morgan fingerprint density at radius 2 is 1.95 bits per heavy atom. The molecule has 1 aromatic carbocycles. The van der Waals surface area contributed by atoms with E-state index in [1.54, 1.807) is 6.20 Å². The lowest BCUT2D eigenvalue weighted by Crippen LogP contribution is -1.95. The Morgan fingerprint density at radius 3 is 2.63 bits per heavy atom. The molecule has 0 atom stereocenters. The zero-order valence-electron chi connectivity index (χ0n) is 10.7. The van der Waals surface area contributed by atoms with Gasteiger partial charge >= 0.3 is 0 Å². The molecular weight excluding hydrogens is 243 g/mol. The van der Waals surface area contributed by atoms with E-state index in [1.165, 1.54) is 10.6 Å². The summed E-state index contributed by atoms with van der Waals surface area (Å²) in [5.74, 6) is -0.500. The number of nitrogens with zero attached hydrogens (tertiary/aromatic N) is 3. The van der Waals surface area contributed by atoms with Crippen LogP contribution in [0, 0.1) is 12.9 Å². The van der Waals surface area contributed by atoms with E-state index in [0.29, 0.717) is 5.65 Å². The average Bonchev–Trinajstić information content (AvgIpc) is 2.83. The quantitative estimate of drug-likeness (QED) is 0.766. The molecule has 3 aromatic rings. The van der Waals surface area contributed by atoms with E-state index in [9.17, 15) is 4.39 Å². The molecule has 2 aromatic heterocycles. The second kappa shape index (κ2) is 4.35. The van der Waals surface area contributed by atoms with Crippen molar-refractivity contribution in [3.63, 3.8) is 0 Å². The standard InChI is InChI=1S/C14H13FN4/c1-9-7-13(15)18-19-8-12(17-14(9)19)10-3-5-11(16-2)6-4-10/h3-8,16H,1-2H3. The molecule has 0 bridgehead atoms. The van der Waals surface area contributed by atoms with Gasteiger partial charge in [0.1, 0.15) is 0 Å². The van der Waals surface area contributed by atoms with E-state index in [0.717, 1.165) is 22.5 Å². The summed E-state index contributed by atoms with van der Waals surface area (Å²) in [6, 6.07) is 9.27. The van der Waals surface area contributed by atoms with E-state index in [2.05, 4.69) is 15.4 Å². The largest absolute Gasteiger partial charge is 0.388 e. The Labute approximate surface area is 109 Å². The summed E-state index contributed by atoms with van der Waals surface area (Å²) in [7, 11) is 1.87. The topological polar surface area (TPSA) is 42.2 Å². The lowest BCUT2D eigenvalue weighted by molar-refractivity contribution is 0.553. The third kappa shape index (κ3) is 2.03. The van der Waals surface area contributed by atoms with Gasteiger partial charge < -0.3 is 5.32 Å². The van der Waals surface area contributed by atoms with Gasteiger partial charge in [-0.15, -0.1) is 5.10 Å². The highest BCUT2D eigenvalue weighted by Crippen LogP contribution is 2.21. The van der Waals surface area contributed by atoms with Crippen LogP contribution in [0.4, 0.5) is 10.1 Å². The lowest BCUT2D eigenvalue weighted by atomic mass is 10.1. The molecule has 0 radical (unpaired) electrons. The van der Waals surface area contributed by atoms with E-state index in [4.69, 9.17) is 0 Å². The van der Waals surface area contributed by atoms with Crippen molar-refractivity contribution in [2.24, 2.45) is 0 Å². The molecule has 0 saturated carbocycles. The number of fused-ring (bicyclic) bond motifs is 1. The number of aromatic nitrogens is 3. The van der Waals surface area contributed by atoms with E-state index < -0.39 is 5.95 Å². The van der Waals surface area contributed by atoms with Crippen molar-refractivity contribution in [2.45, 2.75) is 6.92 Å². The summed E-state index contributed by atoms with van der Waals surface area (Å²) in [5, 5.41) is 6.85. The Balaban J connectivity index is 2.12. The van der Waals surface area contributed by atoms with Gasteiger partial charge in [-0.05, 0) is 24.6 Å². The number of benzene rings is 1. The van der Waals surface area contributed by atoms with Crippen molar-refractivity contribution < 1.29 is 4.39 Å². The van der Waals surface area contributed by atoms with Gasteiger partial charge in [0.25, 0.3) is 0 Å². The number of anilines is 1. The van der Waals surface area contributed by atoms with Crippen LogP contribution in [-0.4, -0.2) is 21.6 Å². The maximum atomic E-state index is 13.2. The van der Waals surface area contributed by atoms with Gasteiger partial charge in [0.2, 0.25) is 5.95 Å². The van der Waals surface area contributed by atoms with Crippen LogP contribution in [-0.2, 0) is 0 Å². The van der Waals surface area contributed by atoms with Crippen LogP contribution in [0.1, 0.15) is 5.56 Å². The SMILES string of the molecule is CNc1ccc(-c2cn3nc(F)cc(C)c3n2)cc1. The van der Waals surface area contributed by atoms with Gasteiger partial charge in [0, 0.05) is 24.4 Å². The van der Waals surface area contributed by atoms with Crippen LogP contribution in [0.2, 0.25) is 0 Å². The summed E-state index contributed by atoms with van der Waals surface area (Å²) in [5.41, 5.74) is 4.24. The van der Waals surface area contributed by atoms with Crippen molar-refractivity contribution in [1.29, 1.82) is 0 Å². The number of aryl methyl sites for hydroxylation is 1. The molecule has 0 aliphatic rings. The predicted molar refractivity (Wildman–Crippen MR) is 72.7 cm³/mol. The van der Waals surface area contributed by atoms with Crippen LogP contribution in [0.5, 0.6) is 0 Å². The summed E-state index contributed by atoms with van der Waals surface area (Å²) in [6.07, 6.45) is 1.74. The molecule has 0 unspecified atom stereocenters. The number of hydrogen-bond acceptors (Lipinski definition) is 3. The minimum absolute atomic E-state index is 0.500. The molecule has 4 nitrogen and oxygen atoms in total. The van der Waals surface area contributed by atoms with Gasteiger partial charge in [0.05, 0.1) is 11.9 Å². The molecule has 0 spiro atoms. The molecule has 1 N–H and O–H groups in total. The number of rotatable bonds is 2. The lowest BCUT2D eigenvalue weighted by Gasteiger charge is -2.00. The molecule has 0 fully saturated rings. The van der Waals surface area contributed by atoms with Gasteiger partial charge in [-0.1, -0.05) is 12.1 Å². The van der Waals surface area contributed by atoms with Crippen LogP contribution >= 0.6 is 0 Å². The second-order valence-corrected chi connectivity index (χ2v) is 4.37. The van der Waals surface area contributed by atoms with Crippen LogP contribution in [0.25, 0.3) is 16.9 Å². The molecule has 0 amide bonds. The summed E-state index contributed by atoms with van der Waals surface area (Å²) in [4.78, 5) is 4.49. The van der Waals surface area contributed by atoms with Gasteiger partial charge in [-0.3, -0.25) is 0 Å². The van der Waals surface area contributed by atoms with E-state index >= 15 is 0 Å². The predicted octanol–water partition coefficient (Wildman–Crippen LogP) is 2.89. The van der Waals surface area contributed by atoms with Crippen LogP contribution < -0.4 is 5.32 Å².